The Morgan fingerprint density at radius 2 is 2.15 bits per heavy atom. The van der Waals surface area contributed by atoms with Crippen molar-refractivity contribution in [1.82, 2.24) is 4.98 Å². The standard InChI is InChI=1S/C15H19BrN2OS/c1-15(2,3)14-18-13(9-20-14)12(8-19)17-11-6-4-5-10(16)7-11/h4-7,9,12,17,19H,8H2,1-3H3. The molecular weight excluding hydrogens is 336 g/mol. The Labute approximate surface area is 132 Å². The molecule has 3 nitrogen and oxygen atoms in total. The summed E-state index contributed by atoms with van der Waals surface area (Å²) in [5.41, 5.74) is 1.89. The number of aliphatic hydroxyl groups is 1. The minimum Gasteiger partial charge on any atom is -0.394 e. The first-order valence-corrected chi connectivity index (χ1v) is 8.16. The van der Waals surface area contributed by atoms with Crippen LogP contribution in [0.25, 0.3) is 0 Å². The summed E-state index contributed by atoms with van der Waals surface area (Å²) in [4.78, 5) is 4.66. The van der Waals surface area contributed by atoms with Gasteiger partial charge < -0.3 is 10.4 Å². The van der Waals surface area contributed by atoms with Crippen LogP contribution in [0.5, 0.6) is 0 Å². The van der Waals surface area contributed by atoms with E-state index in [0.717, 1.165) is 20.9 Å². The molecule has 1 atom stereocenters. The molecule has 0 radical (unpaired) electrons. The maximum atomic E-state index is 9.61. The quantitative estimate of drug-likeness (QED) is 0.857. The van der Waals surface area contributed by atoms with Crippen LogP contribution in [0.1, 0.15) is 37.5 Å². The van der Waals surface area contributed by atoms with Crippen LogP contribution >= 0.6 is 27.3 Å². The Balaban J connectivity index is 2.18. The summed E-state index contributed by atoms with van der Waals surface area (Å²) in [5, 5.41) is 16.0. The topological polar surface area (TPSA) is 45.2 Å². The van der Waals surface area contributed by atoms with Crippen LogP contribution in [0.4, 0.5) is 5.69 Å². The highest BCUT2D eigenvalue weighted by molar-refractivity contribution is 9.10. The number of hydrogen-bond acceptors (Lipinski definition) is 4. The zero-order valence-corrected chi connectivity index (χ0v) is 14.3. The molecule has 0 bridgehead atoms. The molecule has 1 aromatic carbocycles. The van der Waals surface area contributed by atoms with Crippen molar-refractivity contribution in [1.29, 1.82) is 0 Å². The Morgan fingerprint density at radius 1 is 1.40 bits per heavy atom. The SMILES string of the molecule is CC(C)(C)c1nc(C(CO)Nc2cccc(Br)c2)cs1. The normalized spacial score (nSPS) is 13.2. The molecule has 2 N–H and O–H groups in total. The van der Waals surface area contributed by atoms with Crippen molar-refractivity contribution >= 4 is 33.0 Å². The summed E-state index contributed by atoms with van der Waals surface area (Å²) >= 11 is 5.09. The van der Waals surface area contributed by atoms with E-state index in [-0.39, 0.29) is 18.1 Å². The van der Waals surface area contributed by atoms with Crippen LogP contribution in [0.15, 0.2) is 34.1 Å². The summed E-state index contributed by atoms with van der Waals surface area (Å²) < 4.78 is 1.01. The fourth-order valence-electron chi connectivity index (χ4n) is 1.78. The van der Waals surface area contributed by atoms with Gasteiger partial charge in [-0.3, -0.25) is 0 Å². The lowest BCUT2D eigenvalue weighted by Gasteiger charge is -2.17. The molecule has 0 fully saturated rings. The first-order chi connectivity index (χ1) is 9.40. The van der Waals surface area contributed by atoms with Crippen LogP contribution in [0.2, 0.25) is 0 Å². The Morgan fingerprint density at radius 3 is 2.70 bits per heavy atom. The molecule has 108 valence electrons. The average Bonchev–Trinajstić information content (AvgIpc) is 2.85. The molecule has 0 aliphatic rings. The lowest BCUT2D eigenvalue weighted by molar-refractivity contribution is 0.274. The molecule has 2 aromatic rings. The van der Waals surface area contributed by atoms with E-state index in [1.807, 2.05) is 29.6 Å². The third-order valence-corrected chi connectivity index (χ3v) is 4.65. The van der Waals surface area contributed by atoms with Gasteiger partial charge >= 0.3 is 0 Å². The molecule has 0 amide bonds. The number of halogens is 1. The van der Waals surface area contributed by atoms with Crippen molar-refractivity contribution in [3.8, 4) is 0 Å². The van der Waals surface area contributed by atoms with E-state index in [4.69, 9.17) is 0 Å². The highest BCUT2D eigenvalue weighted by Crippen LogP contribution is 2.29. The summed E-state index contributed by atoms with van der Waals surface area (Å²) in [7, 11) is 0. The number of aromatic nitrogens is 1. The predicted molar refractivity (Wildman–Crippen MR) is 88.4 cm³/mol. The van der Waals surface area contributed by atoms with Gasteiger partial charge in [-0.15, -0.1) is 11.3 Å². The van der Waals surface area contributed by atoms with E-state index in [1.54, 1.807) is 11.3 Å². The monoisotopic (exact) mass is 354 g/mol. The molecule has 1 aromatic heterocycles. The van der Waals surface area contributed by atoms with E-state index in [0.29, 0.717) is 0 Å². The fourth-order valence-corrected chi connectivity index (χ4v) is 3.14. The third-order valence-electron chi connectivity index (χ3n) is 2.87. The molecule has 1 heterocycles. The molecule has 0 aliphatic carbocycles. The van der Waals surface area contributed by atoms with Crippen LogP contribution in [-0.2, 0) is 5.41 Å². The molecule has 1 unspecified atom stereocenters. The average molecular weight is 355 g/mol. The van der Waals surface area contributed by atoms with E-state index >= 15 is 0 Å². The molecule has 0 saturated carbocycles. The maximum absolute atomic E-state index is 9.61. The number of aliphatic hydroxyl groups excluding tert-OH is 1. The summed E-state index contributed by atoms with van der Waals surface area (Å²) in [5.74, 6) is 0. The van der Waals surface area contributed by atoms with Crippen molar-refractivity contribution < 1.29 is 5.11 Å². The van der Waals surface area contributed by atoms with Gasteiger partial charge in [0.15, 0.2) is 0 Å². The van der Waals surface area contributed by atoms with Crippen LogP contribution in [-0.4, -0.2) is 16.7 Å². The number of benzene rings is 1. The summed E-state index contributed by atoms with van der Waals surface area (Å²) in [6.07, 6.45) is 0. The second kappa shape index (κ2) is 6.24. The highest BCUT2D eigenvalue weighted by atomic mass is 79.9. The van der Waals surface area contributed by atoms with Crippen molar-refractivity contribution in [3.63, 3.8) is 0 Å². The maximum Gasteiger partial charge on any atom is 0.0982 e. The zero-order chi connectivity index (χ0) is 14.8. The van der Waals surface area contributed by atoms with Crippen molar-refractivity contribution in [2.75, 3.05) is 11.9 Å². The number of anilines is 1. The molecule has 0 aliphatic heterocycles. The first-order valence-electron chi connectivity index (χ1n) is 6.49. The van der Waals surface area contributed by atoms with Gasteiger partial charge in [0.05, 0.1) is 23.4 Å². The minimum atomic E-state index is -0.184. The van der Waals surface area contributed by atoms with E-state index in [2.05, 4.69) is 47.0 Å². The van der Waals surface area contributed by atoms with Gasteiger partial charge in [-0.05, 0) is 18.2 Å². The zero-order valence-electron chi connectivity index (χ0n) is 11.9. The number of nitrogens with zero attached hydrogens (tertiary/aromatic N) is 1. The first kappa shape index (κ1) is 15.5. The summed E-state index contributed by atoms with van der Waals surface area (Å²) in [6.45, 7) is 6.45. The third kappa shape index (κ3) is 3.81. The Bertz CT molecular complexity index is 577. The summed E-state index contributed by atoms with van der Waals surface area (Å²) in [6, 6.07) is 7.71. The molecule has 0 spiro atoms. The van der Waals surface area contributed by atoms with Gasteiger partial charge in [0.2, 0.25) is 0 Å². The van der Waals surface area contributed by atoms with Gasteiger partial charge in [-0.25, -0.2) is 4.98 Å². The molecule has 20 heavy (non-hydrogen) atoms. The smallest absolute Gasteiger partial charge is 0.0982 e. The van der Waals surface area contributed by atoms with Gasteiger partial charge in [0.25, 0.3) is 0 Å². The fraction of sp³-hybridized carbons (Fsp3) is 0.400. The van der Waals surface area contributed by atoms with Crippen LogP contribution < -0.4 is 5.32 Å². The van der Waals surface area contributed by atoms with E-state index in [1.165, 1.54) is 0 Å². The highest BCUT2D eigenvalue weighted by Gasteiger charge is 2.21. The van der Waals surface area contributed by atoms with E-state index in [9.17, 15) is 5.11 Å². The van der Waals surface area contributed by atoms with Gasteiger partial charge in [-0.2, -0.15) is 0 Å². The van der Waals surface area contributed by atoms with Crippen LogP contribution in [0, 0.1) is 0 Å². The predicted octanol–water partition coefficient (Wildman–Crippen LogP) is 4.35. The van der Waals surface area contributed by atoms with Crippen LogP contribution in [0.3, 0.4) is 0 Å². The number of nitrogens with one attached hydrogen (secondary N) is 1. The Hall–Kier alpha value is -0.910. The minimum absolute atomic E-state index is 0.0137. The Kier molecular flexibility index (Phi) is 4.83. The molecule has 0 saturated heterocycles. The molecule has 5 heteroatoms. The van der Waals surface area contributed by atoms with Gasteiger partial charge in [-0.1, -0.05) is 42.8 Å². The second-order valence-electron chi connectivity index (χ2n) is 5.72. The molecule has 2 rings (SSSR count). The molecular formula is C15H19BrN2OS. The number of hydrogen-bond donors (Lipinski definition) is 2. The van der Waals surface area contributed by atoms with Gasteiger partial charge in [0.1, 0.15) is 0 Å². The number of rotatable bonds is 4. The van der Waals surface area contributed by atoms with Crippen molar-refractivity contribution in [2.24, 2.45) is 0 Å². The lowest BCUT2D eigenvalue weighted by Crippen LogP contribution is -2.16. The van der Waals surface area contributed by atoms with Crippen molar-refractivity contribution in [2.45, 2.75) is 32.2 Å². The second-order valence-corrected chi connectivity index (χ2v) is 7.49. The number of thiazole rings is 1. The van der Waals surface area contributed by atoms with Crippen molar-refractivity contribution in [3.05, 3.63) is 44.8 Å². The largest absolute Gasteiger partial charge is 0.394 e. The van der Waals surface area contributed by atoms with E-state index < -0.39 is 0 Å². The lowest BCUT2D eigenvalue weighted by atomic mass is 9.98. The van der Waals surface area contributed by atoms with Gasteiger partial charge in [0, 0.05) is 21.0 Å².